The summed E-state index contributed by atoms with van der Waals surface area (Å²) < 4.78 is 0.947. The van der Waals surface area contributed by atoms with Gasteiger partial charge in [0.15, 0.2) is 0 Å². The number of halogens is 1. The number of aromatic nitrogens is 2. The molecule has 0 saturated heterocycles. The fourth-order valence-electron chi connectivity index (χ4n) is 3.63. The third-order valence-electron chi connectivity index (χ3n) is 5.06. The summed E-state index contributed by atoms with van der Waals surface area (Å²) in [5.41, 5.74) is 12.0. The molecule has 21 heavy (non-hydrogen) atoms. The molecule has 2 fully saturated rings. The van der Waals surface area contributed by atoms with Gasteiger partial charge in [0.25, 0.3) is 0 Å². The van der Waals surface area contributed by atoms with E-state index in [1.165, 1.54) is 36.2 Å². The SMILES string of the molecule is Nc1ccc(C2CC2C2c3ccc(Br)nc32)nc1C1CC1. The van der Waals surface area contributed by atoms with E-state index in [-0.39, 0.29) is 0 Å². The van der Waals surface area contributed by atoms with Gasteiger partial charge < -0.3 is 5.73 Å². The molecule has 2 heterocycles. The number of nitrogens with zero attached hydrogens (tertiary/aromatic N) is 2. The van der Waals surface area contributed by atoms with E-state index in [2.05, 4.69) is 39.1 Å². The van der Waals surface area contributed by atoms with Crippen LogP contribution in [0, 0.1) is 5.92 Å². The van der Waals surface area contributed by atoms with Crippen molar-refractivity contribution >= 4 is 21.6 Å². The van der Waals surface area contributed by atoms with Gasteiger partial charge in [0.2, 0.25) is 0 Å². The van der Waals surface area contributed by atoms with Crippen molar-refractivity contribution < 1.29 is 0 Å². The zero-order valence-corrected chi connectivity index (χ0v) is 13.2. The van der Waals surface area contributed by atoms with Crippen molar-refractivity contribution in [3.05, 3.63) is 51.5 Å². The van der Waals surface area contributed by atoms with Crippen LogP contribution in [0.5, 0.6) is 0 Å². The molecular formula is C17H16BrN3. The molecule has 0 aliphatic heterocycles. The summed E-state index contributed by atoms with van der Waals surface area (Å²) in [7, 11) is 0. The Kier molecular flexibility index (Phi) is 2.35. The molecule has 2 aromatic heterocycles. The summed E-state index contributed by atoms with van der Waals surface area (Å²) in [5, 5.41) is 0. The lowest BCUT2D eigenvalue weighted by molar-refractivity contribution is 0.757. The van der Waals surface area contributed by atoms with E-state index in [9.17, 15) is 0 Å². The molecule has 3 atom stereocenters. The van der Waals surface area contributed by atoms with E-state index in [0.29, 0.717) is 23.7 Å². The molecule has 0 radical (unpaired) electrons. The summed E-state index contributed by atoms with van der Waals surface area (Å²) in [5.74, 6) is 2.49. The molecular weight excluding hydrogens is 326 g/mol. The molecule has 4 heteroatoms. The maximum atomic E-state index is 6.07. The minimum atomic E-state index is 0.574. The van der Waals surface area contributed by atoms with Gasteiger partial charge in [-0.2, -0.15) is 0 Å². The van der Waals surface area contributed by atoms with Crippen LogP contribution in [0.2, 0.25) is 0 Å². The largest absolute Gasteiger partial charge is 0.397 e. The van der Waals surface area contributed by atoms with Gasteiger partial charge in [0, 0.05) is 23.4 Å². The smallest absolute Gasteiger partial charge is 0.106 e. The normalized spacial score (nSPS) is 29.1. The first-order valence-electron chi connectivity index (χ1n) is 7.65. The molecule has 5 rings (SSSR count). The lowest BCUT2D eigenvalue weighted by atomic mass is 10.1. The lowest BCUT2D eigenvalue weighted by Gasteiger charge is -2.06. The van der Waals surface area contributed by atoms with E-state index in [0.717, 1.165) is 16.0 Å². The van der Waals surface area contributed by atoms with Crippen LogP contribution in [0.15, 0.2) is 28.9 Å². The standard InChI is InChI=1S/C17H16BrN3/c18-14-6-3-9-15(17(9)21-14)11-7-10(11)13-5-4-12(19)16(20-13)8-1-2-8/h3-6,8,10-11,15H,1-2,7,19H2. The molecule has 3 nitrogen and oxygen atoms in total. The number of hydrogen-bond donors (Lipinski definition) is 1. The van der Waals surface area contributed by atoms with Crippen LogP contribution in [0.25, 0.3) is 0 Å². The number of anilines is 1. The Balaban J connectivity index is 1.38. The first-order valence-corrected chi connectivity index (χ1v) is 8.44. The highest BCUT2D eigenvalue weighted by molar-refractivity contribution is 9.10. The van der Waals surface area contributed by atoms with Gasteiger partial charge in [0.05, 0.1) is 17.1 Å². The van der Waals surface area contributed by atoms with E-state index >= 15 is 0 Å². The minimum absolute atomic E-state index is 0.574. The van der Waals surface area contributed by atoms with Crippen molar-refractivity contribution in [1.29, 1.82) is 0 Å². The Morgan fingerprint density at radius 3 is 2.67 bits per heavy atom. The Morgan fingerprint density at radius 1 is 1.05 bits per heavy atom. The number of nitrogens with two attached hydrogens (primary N) is 1. The van der Waals surface area contributed by atoms with Gasteiger partial charge in [-0.25, -0.2) is 4.98 Å². The van der Waals surface area contributed by atoms with Gasteiger partial charge in [0.1, 0.15) is 4.60 Å². The molecule has 3 aliphatic carbocycles. The number of nitrogen functional groups attached to an aromatic ring is 1. The Bertz CT molecular complexity index is 754. The molecule has 3 aliphatic rings. The molecule has 106 valence electrons. The summed E-state index contributed by atoms with van der Waals surface area (Å²) >= 11 is 3.46. The molecule has 0 bridgehead atoms. The predicted octanol–water partition coefficient (Wildman–Crippen LogP) is 3.95. The van der Waals surface area contributed by atoms with Crippen molar-refractivity contribution in [3.63, 3.8) is 0 Å². The van der Waals surface area contributed by atoms with Crippen LogP contribution < -0.4 is 5.73 Å². The molecule has 0 spiro atoms. The maximum absolute atomic E-state index is 6.07. The summed E-state index contributed by atoms with van der Waals surface area (Å²) in [6, 6.07) is 8.43. The van der Waals surface area contributed by atoms with Gasteiger partial charge in [-0.15, -0.1) is 0 Å². The summed E-state index contributed by atoms with van der Waals surface area (Å²) in [6.45, 7) is 0. The first kappa shape index (κ1) is 12.2. The third kappa shape index (κ3) is 1.92. The highest BCUT2D eigenvalue weighted by atomic mass is 79.9. The van der Waals surface area contributed by atoms with E-state index in [1.54, 1.807) is 0 Å². The van der Waals surface area contributed by atoms with Crippen LogP contribution in [-0.4, -0.2) is 9.97 Å². The quantitative estimate of drug-likeness (QED) is 0.860. The van der Waals surface area contributed by atoms with Crippen molar-refractivity contribution in [2.45, 2.75) is 37.0 Å². The van der Waals surface area contributed by atoms with Crippen molar-refractivity contribution in [3.8, 4) is 0 Å². The predicted molar refractivity (Wildman–Crippen MR) is 85.3 cm³/mol. The molecule has 2 aromatic rings. The average molecular weight is 342 g/mol. The summed E-state index contributed by atoms with van der Waals surface area (Å²) in [6.07, 6.45) is 3.74. The monoisotopic (exact) mass is 341 g/mol. The molecule has 3 unspecified atom stereocenters. The van der Waals surface area contributed by atoms with E-state index < -0.39 is 0 Å². The zero-order valence-electron chi connectivity index (χ0n) is 11.6. The number of pyridine rings is 2. The Hall–Kier alpha value is -1.42. The van der Waals surface area contributed by atoms with Crippen LogP contribution in [-0.2, 0) is 0 Å². The molecule has 0 amide bonds. The number of rotatable bonds is 3. The van der Waals surface area contributed by atoms with Gasteiger partial charge in [-0.3, -0.25) is 4.98 Å². The zero-order chi connectivity index (χ0) is 14.1. The molecule has 2 saturated carbocycles. The topological polar surface area (TPSA) is 51.8 Å². The van der Waals surface area contributed by atoms with Gasteiger partial charge >= 0.3 is 0 Å². The Labute approximate surface area is 132 Å². The second-order valence-corrected chi connectivity index (χ2v) is 7.39. The van der Waals surface area contributed by atoms with Gasteiger partial charge in [-0.05, 0) is 64.9 Å². The number of hydrogen-bond acceptors (Lipinski definition) is 3. The first-order chi connectivity index (χ1) is 10.2. The van der Waals surface area contributed by atoms with Crippen molar-refractivity contribution in [2.24, 2.45) is 5.92 Å². The molecule has 2 N–H and O–H groups in total. The van der Waals surface area contributed by atoms with Gasteiger partial charge in [-0.1, -0.05) is 6.07 Å². The summed E-state index contributed by atoms with van der Waals surface area (Å²) in [4.78, 5) is 9.47. The van der Waals surface area contributed by atoms with Crippen molar-refractivity contribution in [2.75, 3.05) is 5.73 Å². The van der Waals surface area contributed by atoms with E-state index in [1.807, 2.05) is 6.07 Å². The second kappa shape index (κ2) is 4.07. The fourth-order valence-corrected chi connectivity index (χ4v) is 3.95. The highest BCUT2D eigenvalue weighted by Gasteiger charge is 2.53. The van der Waals surface area contributed by atoms with Crippen LogP contribution in [0.4, 0.5) is 5.69 Å². The van der Waals surface area contributed by atoms with Crippen molar-refractivity contribution in [1.82, 2.24) is 9.97 Å². The van der Waals surface area contributed by atoms with Crippen LogP contribution in [0.3, 0.4) is 0 Å². The van der Waals surface area contributed by atoms with E-state index in [4.69, 9.17) is 10.7 Å². The Morgan fingerprint density at radius 2 is 1.90 bits per heavy atom. The lowest BCUT2D eigenvalue weighted by Crippen LogP contribution is -2.00. The average Bonchev–Trinajstić information content (AvgIpc) is 3.31. The van der Waals surface area contributed by atoms with Crippen LogP contribution in [0.1, 0.15) is 59.7 Å². The number of fused-ring (bicyclic) bond motifs is 1. The molecule has 0 aromatic carbocycles. The minimum Gasteiger partial charge on any atom is -0.397 e. The van der Waals surface area contributed by atoms with Crippen LogP contribution >= 0.6 is 15.9 Å². The second-order valence-electron chi connectivity index (χ2n) is 6.58. The maximum Gasteiger partial charge on any atom is 0.106 e. The third-order valence-corrected chi connectivity index (χ3v) is 5.50. The highest BCUT2D eigenvalue weighted by Crippen LogP contribution is 2.63. The fraction of sp³-hybridized carbons (Fsp3) is 0.412.